The third-order valence-corrected chi connectivity index (χ3v) is 3.61. The van der Waals surface area contributed by atoms with Gasteiger partial charge in [-0.15, -0.1) is 0 Å². The maximum atomic E-state index is 12.0. The molecule has 1 atom stereocenters. The number of hydrogen-bond donors (Lipinski definition) is 1. The van der Waals surface area contributed by atoms with Crippen LogP contribution in [0.1, 0.15) is 24.8 Å². The smallest absolute Gasteiger partial charge is 0.220 e. The lowest BCUT2D eigenvalue weighted by molar-refractivity contribution is -0.121. The van der Waals surface area contributed by atoms with E-state index in [9.17, 15) is 4.79 Å². The fraction of sp³-hybridized carbons (Fsp3) is 0.316. The average molecular weight is 313 g/mol. The van der Waals surface area contributed by atoms with Gasteiger partial charge in [0.15, 0.2) is 11.5 Å². The number of hydrogen-bond acceptors (Lipinski definition) is 3. The van der Waals surface area contributed by atoms with Crippen molar-refractivity contribution in [1.82, 2.24) is 5.32 Å². The number of amides is 1. The van der Waals surface area contributed by atoms with Gasteiger partial charge in [-0.25, -0.2) is 0 Å². The lowest BCUT2D eigenvalue weighted by Crippen LogP contribution is -2.28. The molecule has 0 radical (unpaired) electrons. The van der Waals surface area contributed by atoms with Gasteiger partial charge in [0, 0.05) is 6.42 Å². The molecule has 2 aromatic rings. The molecule has 0 aliphatic heterocycles. The Bertz CT molecular complexity index is 613. The molecule has 0 aromatic heterocycles. The summed E-state index contributed by atoms with van der Waals surface area (Å²) < 4.78 is 10.8. The molecule has 122 valence electrons. The summed E-state index contributed by atoms with van der Waals surface area (Å²) in [5.74, 6) is 1.61. The van der Waals surface area contributed by atoms with Gasteiger partial charge in [-0.05, 0) is 23.6 Å². The average Bonchev–Trinajstić information content (AvgIpc) is 2.59. The summed E-state index contributed by atoms with van der Waals surface area (Å²) in [5, 5.41) is 2.89. The molecule has 0 heterocycles. The van der Waals surface area contributed by atoms with E-state index in [0.717, 1.165) is 0 Å². The summed E-state index contributed by atoms with van der Waals surface area (Å²) in [6.07, 6.45) is 0.471. The minimum Gasteiger partial charge on any atom is -0.493 e. The van der Waals surface area contributed by atoms with Crippen LogP contribution in [0.5, 0.6) is 11.5 Å². The number of benzene rings is 2. The van der Waals surface area contributed by atoms with Crippen molar-refractivity contribution in [3.8, 4) is 11.5 Å². The molecule has 0 saturated heterocycles. The third-order valence-electron chi connectivity index (χ3n) is 3.61. The summed E-state index contributed by atoms with van der Waals surface area (Å²) in [5.41, 5.74) is 1.17. The van der Waals surface area contributed by atoms with E-state index in [0.29, 0.717) is 31.1 Å². The number of methoxy groups -OCH3 is 1. The van der Waals surface area contributed by atoms with E-state index >= 15 is 0 Å². The van der Waals surface area contributed by atoms with Gasteiger partial charge in [0.05, 0.1) is 13.7 Å². The number of carbonyl (C=O) groups excluding carboxylic acids is 1. The van der Waals surface area contributed by atoms with Crippen LogP contribution < -0.4 is 14.8 Å². The Morgan fingerprint density at radius 2 is 1.70 bits per heavy atom. The van der Waals surface area contributed by atoms with Gasteiger partial charge in [-0.1, -0.05) is 49.4 Å². The molecule has 0 saturated carbocycles. The number of rotatable bonds is 8. The quantitative estimate of drug-likeness (QED) is 0.760. The molecule has 0 fully saturated rings. The number of carbonyl (C=O) groups is 1. The second kappa shape index (κ2) is 8.83. The predicted octanol–water partition coefficient (Wildman–Crippen LogP) is 3.38. The highest BCUT2D eigenvalue weighted by Gasteiger charge is 2.10. The van der Waals surface area contributed by atoms with E-state index < -0.39 is 0 Å². The van der Waals surface area contributed by atoms with Crippen LogP contribution >= 0.6 is 0 Å². The summed E-state index contributed by atoms with van der Waals surface area (Å²) in [6, 6.07) is 17.5. The maximum absolute atomic E-state index is 12.0. The van der Waals surface area contributed by atoms with Crippen LogP contribution in [-0.4, -0.2) is 26.2 Å². The van der Waals surface area contributed by atoms with E-state index in [1.54, 1.807) is 7.11 Å². The van der Waals surface area contributed by atoms with Crippen LogP contribution in [0, 0.1) is 0 Å². The monoisotopic (exact) mass is 313 g/mol. The van der Waals surface area contributed by atoms with Crippen LogP contribution in [0.15, 0.2) is 54.6 Å². The Morgan fingerprint density at radius 3 is 2.39 bits per heavy atom. The zero-order chi connectivity index (χ0) is 16.5. The molecule has 0 bridgehead atoms. The van der Waals surface area contributed by atoms with Crippen molar-refractivity contribution in [1.29, 1.82) is 0 Å². The van der Waals surface area contributed by atoms with Crippen molar-refractivity contribution in [2.45, 2.75) is 19.3 Å². The third kappa shape index (κ3) is 5.33. The first kappa shape index (κ1) is 16.9. The molecule has 2 rings (SSSR count). The Balaban J connectivity index is 1.71. The molecule has 1 unspecified atom stereocenters. The molecule has 0 aliphatic rings. The van der Waals surface area contributed by atoms with Gasteiger partial charge in [0.25, 0.3) is 0 Å². The highest BCUT2D eigenvalue weighted by molar-refractivity contribution is 5.76. The first-order valence-electron chi connectivity index (χ1n) is 7.78. The van der Waals surface area contributed by atoms with Crippen molar-refractivity contribution in [2.75, 3.05) is 20.3 Å². The van der Waals surface area contributed by atoms with Crippen LogP contribution in [0.3, 0.4) is 0 Å². The largest absolute Gasteiger partial charge is 0.493 e. The molecule has 4 nitrogen and oxygen atoms in total. The standard InChI is InChI=1S/C19H23NO3/c1-15(16-8-4-3-5-9-16)14-19(21)20-12-13-23-18-11-7-6-10-17(18)22-2/h3-11,15H,12-14H2,1-2H3,(H,20,21). The van der Waals surface area contributed by atoms with Gasteiger partial charge >= 0.3 is 0 Å². The van der Waals surface area contributed by atoms with E-state index in [1.165, 1.54) is 5.56 Å². The normalized spacial score (nSPS) is 11.6. The van der Waals surface area contributed by atoms with E-state index in [1.807, 2.05) is 54.6 Å². The Kier molecular flexibility index (Phi) is 6.48. The fourth-order valence-electron chi connectivity index (χ4n) is 2.34. The first-order valence-corrected chi connectivity index (χ1v) is 7.78. The lowest BCUT2D eigenvalue weighted by atomic mass is 9.98. The highest BCUT2D eigenvalue weighted by Crippen LogP contribution is 2.25. The molecule has 4 heteroatoms. The zero-order valence-electron chi connectivity index (χ0n) is 13.6. The molecule has 2 aromatic carbocycles. The molecule has 1 N–H and O–H groups in total. The van der Waals surface area contributed by atoms with Gasteiger partial charge in [0.1, 0.15) is 6.61 Å². The second-order valence-electron chi connectivity index (χ2n) is 5.37. The minimum absolute atomic E-state index is 0.0324. The van der Waals surface area contributed by atoms with Crippen molar-refractivity contribution >= 4 is 5.91 Å². The van der Waals surface area contributed by atoms with Crippen molar-refractivity contribution in [3.05, 3.63) is 60.2 Å². The predicted molar refractivity (Wildman–Crippen MR) is 91.0 cm³/mol. The van der Waals surface area contributed by atoms with Crippen LogP contribution in [-0.2, 0) is 4.79 Å². The van der Waals surface area contributed by atoms with Gasteiger partial charge in [-0.3, -0.25) is 4.79 Å². The molecule has 1 amide bonds. The summed E-state index contributed by atoms with van der Waals surface area (Å²) >= 11 is 0. The number of ether oxygens (including phenoxy) is 2. The van der Waals surface area contributed by atoms with Crippen LogP contribution in [0.2, 0.25) is 0 Å². The zero-order valence-corrected chi connectivity index (χ0v) is 13.6. The van der Waals surface area contributed by atoms with Crippen LogP contribution in [0.4, 0.5) is 0 Å². The fourth-order valence-corrected chi connectivity index (χ4v) is 2.34. The summed E-state index contributed by atoms with van der Waals surface area (Å²) in [6.45, 7) is 2.93. The van der Waals surface area contributed by atoms with E-state index in [4.69, 9.17) is 9.47 Å². The van der Waals surface area contributed by atoms with Crippen molar-refractivity contribution in [2.24, 2.45) is 0 Å². The minimum atomic E-state index is 0.0324. The van der Waals surface area contributed by atoms with E-state index in [-0.39, 0.29) is 11.8 Å². The molecule has 0 aliphatic carbocycles. The topological polar surface area (TPSA) is 47.6 Å². The van der Waals surface area contributed by atoms with Crippen molar-refractivity contribution in [3.63, 3.8) is 0 Å². The van der Waals surface area contributed by atoms with Crippen LogP contribution in [0.25, 0.3) is 0 Å². The molecule has 0 spiro atoms. The maximum Gasteiger partial charge on any atom is 0.220 e. The lowest BCUT2D eigenvalue weighted by Gasteiger charge is -2.13. The van der Waals surface area contributed by atoms with Gasteiger partial charge in [-0.2, -0.15) is 0 Å². The molecular weight excluding hydrogens is 290 g/mol. The SMILES string of the molecule is COc1ccccc1OCCNC(=O)CC(C)c1ccccc1. The number of para-hydroxylation sites is 2. The van der Waals surface area contributed by atoms with Gasteiger partial charge in [0.2, 0.25) is 5.91 Å². The molecule has 23 heavy (non-hydrogen) atoms. The Hall–Kier alpha value is -2.49. The van der Waals surface area contributed by atoms with Crippen molar-refractivity contribution < 1.29 is 14.3 Å². The Labute approximate surface area is 137 Å². The number of nitrogens with one attached hydrogen (secondary N) is 1. The summed E-state index contributed by atoms with van der Waals surface area (Å²) in [7, 11) is 1.61. The van der Waals surface area contributed by atoms with E-state index in [2.05, 4.69) is 12.2 Å². The highest BCUT2D eigenvalue weighted by atomic mass is 16.5. The van der Waals surface area contributed by atoms with Gasteiger partial charge < -0.3 is 14.8 Å². The Morgan fingerprint density at radius 1 is 1.04 bits per heavy atom. The first-order chi connectivity index (χ1) is 11.2. The summed E-state index contributed by atoms with van der Waals surface area (Å²) in [4.78, 5) is 12.0. The molecular formula is C19H23NO3. The second-order valence-corrected chi connectivity index (χ2v) is 5.37.